The zero-order valence-corrected chi connectivity index (χ0v) is 11.1. The number of nitrogens with one attached hydrogen (secondary N) is 1. The van der Waals surface area contributed by atoms with E-state index in [0.29, 0.717) is 24.5 Å². The quantitative estimate of drug-likeness (QED) is 0.814. The lowest BCUT2D eigenvalue weighted by molar-refractivity contribution is 0.0697. The van der Waals surface area contributed by atoms with Crippen LogP contribution in [0.25, 0.3) is 10.9 Å². The summed E-state index contributed by atoms with van der Waals surface area (Å²) < 4.78 is 4.94. The standard InChI is InChI=1S/C12H13N3O3.ClH/c1-18-5-4-13-11-9-3-2-8(12(16)17)6-10(9)14-7-15-11;/h2-3,6-7H,4-5H2,1H3,(H,16,17)(H,13,14,15);1H. The fourth-order valence-corrected chi connectivity index (χ4v) is 1.60. The summed E-state index contributed by atoms with van der Waals surface area (Å²) in [4.78, 5) is 19.1. The lowest BCUT2D eigenvalue weighted by atomic mass is 10.1. The molecule has 0 spiro atoms. The highest BCUT2D eigenvalue weighted by Gasteiger charge is 2.07. The number of methoxy groups -OCH3 is 1. The average molecular weight is 284 g/mol. The number of anilines is 1. The number of aromatic carboxylic acids is 1. The lowest BCUT2D eigenvalue weighted by Crippen LogP contribution is -2.09. The lowest BCUT2D eigenvalue weighted by Gasteiger charge is -2.07. The molecule has 0 radical (unpaired) electrons. The Morgan fingerprint density at radius 2 is 2.21 bits per heavy atom. The van der Waals surface area contributed by atoms with E-state index in [0.717, 1.165) is 5.39 Å². The second kappa shape index (κ2) is 6.86. The van der Waals surface area contributed by atoms with E-state index >= 15 is 0 Å². The van der Waals surface area contributed by atoms with Crippen molar-refractivity contribution in [3.63, 3.8) is 0 Å². The number of hydrogen-bond acceptors (Lipinski definition) is 5. The van der Waals surface area contributed by atoms with Crippen molar-refractivity contribution in [2.24, 2.45) is 0 Å². The molecule has 102 valence electrons. The molecule has 2 N–H and O–H groups in total. The van der Waals surface area contributed by atoms with Gasteiger partial charge in [-0.1, -0.05) is 0 Å². The maximum absolute atomic E-state index is 10.9. The molecule has 0 saturated carbocycles. The summed E-state index contributed by atoms with van der Waals surface area (Å²) in [5.74, 6) is -0.293. The molecule has 0 unspecified atom stereocenters. The van der Waals surface area contributed by atoms with Gasteiger partial charge in [-0.2, -0.15) is 0 Å². The van der Waals surface area contributed by atoms with Gasteiger partial charge in [-0.3, -0.25) is 0 Å². The molecule has 0 atom stereocenters. The highest BCUT2D eigenvalue weighted by atomic mass is 35.5. The van der Waals surface area contributed by atoms with Crippen LogP contribution in [0.3, 0.4) is 0 Å². The first-order valence-corrected chi connectivity index (χ1v) is 5.43. The highest BCUT2D eigenvalue weighted by molar-refractivity contribution is 5.96. The summed E-state index contributed by atoms with van der Waals surface area (Å²) in [6.07, 6.45) is 1.41. The molecule has 0 aliphatic rings. The first-order chi connectivity index (χ1) is 8.72. The Bertz CT molecular complexity index is 577. The molecule has 1 heterocycles. The molecule has 0 amide bonds. The van der Waals surface area contributed by atoms with Crippen molar-refractivity contribution in [2.75, 3.05) is 25.6 Å². The monoisotopic (exact) mass is 283 g/mol. The van der Waals surface area contributed by atoms with Crippen molar-refractivity contribution in [1.29, 1.82) is 0 Å². The minimum absolute atomic E-state index is 0. The van der Waals surface area contributed by atoms with Crippen LogP contribution < -0.4 is 5.32 Å². The molecule has 1 aromatic carbocycles. The number of aromatic nitrogens is 2. The minimum Gasteiger partial charge on any atom is -0.478 e. The van der Waals surface area contributed by atoms with Crippen LogP contribution in [0.2, 0.25) is 0 Å². The predicted molar refractivity (Wildman–Crippen MR) is 74.1 cm³/mol. The third-order valence-corrected chi connectivity index (χ3v) is 2.48. The summed E-state index contributed by atoms with van der Waals surface area (Å²) >= 11 is 0. The maximum atomic E-state index is 10.9. The molecule has 0 fully saturated rings. The Labute approximate surface area is 116 Å². The largest absolute Gasteiger partial charge is 0.478 e. The van der Waals surface area contributed by atoms with Gasteiger partial charge in [-0.05, 0) is 18.2 Å². The van der Waals surface area contributed by atoms with E-state index in [4.69, 9.17) is 9.84 Å². The first-order valence-electron chi connectivity index (χ1n) is 5.43. The average Bonchev–Trinajstić information content (AvgIpc) is 2.38. The highest BCUT2D eigenvalue weighted by Crippen LogP contribution is 2.20. The Morgan fingerprint density at radius 1 is 1.42 bits per heavy atom. The number of carboxylic acid groups (broad SMARTS) is 1. The first kappa shape index (κ1) is 15.1. The van der Waals surface area contributed by atoms with E-state index in [1.54, 1.807) is 13.2 Å². The molecule has 0 bridgehead atoms. The number of rotatable bonds is 5. The smallest absolute Gasteiger partial charge is 0.335 e. The van der Waals surface area contributed by atoms with Gasteiger partial charge in [0.1, 0.15) is 12.1 Å². The normalized spacial score (nSPS) is 9.95. The maximum Gasteiger partial charge on any atom is 0.335 e. The topological polar surface area (TPSA) is 84.3 Å². The van der Waals surface area contributed by atoms with Gasteiger partial charge in [0.2, 0.25) is 0 Å². The summed E-state index contributed by atoms with van der Waals surface area (Å²) in [6, 6.07) is 4.77. The van der Waals surface area contributed by atoms with Gasteiger partial charge in [-0.25, -0.2) is 14.8 Å². The minimum atomic E-state index is -0.968. The zero-order chi connectivity index (χ0) is 13.0. The van der Waals surface area contributed by atoms with Crippen LogP contribution in [0.4, 0.5) is 5.82 Å². The fraction of sp³-hybridized carbons (Fsp3) is 0.250. The van der Waals surface area contributed by atoms with Gasteiger partial charge >= 0.3 is 5.97 Å². The molecule has 2 aromatic rings. The molecular weight excluding hydrogens is 270 g/mol. The Hall–Kier alpha value is -1.92. The van der Waals surface area contributed by atoms with Gasteiger partial charge < -0.3 is 15.2 Å². The third kappa shape index (κ3) is 3.52. The molecule has 19 heavy (non-hydrogen) atoms. The van der Waals surface area contributed by atoms with Gasteiger partial charge in [0, 0.05) is 19.0 Å². The number of fused-ring (bicyclic) bond motifs is 1. The van der Waals surface area contributed by atoms with Gasteiger partial charge in [0.15, 0.2) is 0 Å². The van der Waals surface area contributed by atoms with Crippen molar-refractivity contribution in [1.82, 2.24) is 9.97 Å². The predicted octanol–water partition coefficient (Wildman–Crippen LogP) is 1.81. The summed E-state index contributed by atoms with van der Waals surface area (Å²) in [5.41, 5.74) is 0.814. The third-order valence-electron chi connectivity index (χ3n) is 2.48. The Kier molecular flexibility index (Phi) is 5.47. The van der Waals surface area contributed by atoms with Crippen molar-refractivity contribution < 1.29 is 14.6 Å². The number of carboxylic acids is 1. The van der Waals surface area contributed by atoms with Crippen molar-refractivity contribution in [3.8, 4) is 0 Å². The van der Waals surface area contributed by atoms with E-state index in [-0.39, 0.29) is 18.0 Å². The number of hydrogen-bond donors (Lipinski definition) is 2. The van der Waals surface area contributed by atoms with E-state index in [1.165, 1.54) is 18.5 Å². The van der Waals surface area contributed by atoms with Crippen LogP contribution in [0.15, 0.2) is 24.5 Å². The van der Waals surface area contributed by atoms with Crippen molar-refractivity contribution in [3.05, 3.63) is 30.1 Å². The number of halogens is 1. The molecule has 0 aliphatic heterocycles. The van der Waals surface area contributed by atoms with Crippen LogP contribution in [0.5, 0.6) is 0 Å². The Balaban J connectivity index is 0.00000180. The van der Waals surface area contributed by atoms with Crippen LogP contribution in [-0.4, -0.2) is 41.3 Å². The van der Waals surface area contributed by atoms with Gasteiger partial charge in [-0.15, -0.1) is 12.4 Å². The molecule has 6 nitrogen and oxygen atoms in total. The van der Waals surface area contributed by atoms with Crippen LogP contribution in [0.1, 0.15) is 10.4 Å². The number of nitrogens with zero attached hydrogens (tertiary/aromatic N) is 2. The van der Waals surface area contributed by atoms with Crippen LogP contribution in [0, 0.1) is 0 Å². The van der Waals surface area contributed by atoms with E-state index in [9.17, 15) is 4.79 Å². The van der Waals surface area contributed by atoms with Crippen LogP contribution >= 0.6 is 12.4 Å². The van der Waals surface area contributed by atoms with E-state index in [1.807, 2.05) is 0 Å². The summed E-state index contributed by atoms with van der Waals surface area (Å²) in [6.45, 7) is 1.20. The molecule has 7 heteroatoms. The Morgan fingerprint density at radius 3 is 2.89 bits per heavy atom. The summed E-state index contributed by atoms with van der Waals surface area (Å²) in [5, 5.41) is 12.8. The molecule has 2 rings (SSSR count). The second-order valence-corrected chi connectivity index (χ2v) is 3.68. The van der Waals surface area contributed by atoms with Gasteiger partial charge in [0.25, 0.3) is 0 Å². The number of benzene rings is 1. The SMILES string of the molecule is COCCNc1ncnc2cc(C(=O)O)ccc12.Cl. The molecule has 1 aromatic heterocycles. The molecule has 0 saturated heterocycles. The van der Waals surface area contributed by atoms with Gasteiger partial charge in [0.05, 0.1) is 17.7 Å². The van der Waals surface area contributed by atoms with E-state index < -0.39 is 5.97 Å². The second-order valence-electron chi connectivity index (χ2n) is 3.68. The zero-order valence-electron chi connectivity index (χ0n) is 10.3. The molecular formula is C12H14ClN3O3. The van der Waals surface area contributed by atoms with E-state index in [2.05, 4.69) is 15.3 Å². The van der Waals surface area contributed by atoms with Crippen molar-refractivity contribution in [2.45, 2.75) is 0 Å². The number of carbonyl (C=O) groups is 1. The summed E-state index contributed by atoms with van der Waals surface area (Å²) in [7, 11) is 1.62. The molecule has 0 aliphatic carbocycles. The van der Waals surface area contributed by atoms with Crippen LogP contribution in [-0.2, 0) is 4.74 Å². The van der Waals surface area contributed by atoms with Crippen molar-refractivity contribution >= 4 is 35.1 Å². The fourth-order valence-electron chi connectivity index (χ4n) is 1.60. The number of ether oxygens (including phenoxy) is 1.